The van der Waals surface area contributed by atoms with Crippen molar-refractivity contribution in [2.75, 3.05) is 20.8 Å². The van der Waals surface area contributed by atoms with Crippen molar-refractivity contribution in [2.45, 2.75) is 26.3 Å². The van der Waals surface area contributed by atoms with E-state index in [1.165, 1.54) is 0 Å². The lowest BCUT2D eigenvalue weighted by molar-refractivity contribution is 0.383. The van der Waals surface area contributed by atoms with E-state index in [9.17, 15) is 0 Å². The lowest BCUT2D eigenvalue weighted by Gasteiger charge is -2.15. The van der Waals surface area contributed by atoms with E-state index in [4.69, 9.17) is 14.7 Å². The molecule has 1 N–H and O–H groups in total. The van der Waals surface area contributed by atoms with E-state index >= 15 is 0 Å². The first kappa shape index (κ1) is 13.7. The van der Waals surface area contributed by atoms with Gasteiger partial charge in [-0.3, -0.25) is 0 Å². The fraction of sp³-hybridized carbons (Fsp3) is 0.533. The Morgan fingerprint density at radius 1 is 1.32 bits per heavy atom. The Balaban J connectivity index is 2.04. The number of methoxy groups -OCH3 is 2. The SMILES string of the molecule is COc1ccc(CNCC2(C#N)CC2)c(OC)c1C. The Morgan fingerprint density at radius 3 is 2.58 bits per heavy atom. The fourth-order valence-corrected chi connectivity index (χ4v) is 2.29. The van der Waals surface area contributed by atoms with Crippen molar-refractivity contribution in [3.63, 3.8) is 0 Å². The summed E-state index contributed by atoms with van der Waals surface area (Å²) in [6.07, 6.45) is 2.02. The van der Waals surface area contributed by atoms with Crippen molar-refractivity contribution >= 4 is 0 Å². The van der Waals surface area contributed by atoms with Crippen LogP contribution in [0.5, 0.6) is 11.5 Å². The normalized spacial score (nSPS) is 15.7. The highest BCUT2D eigenvalue weighted by atomic mass is 16.5. The zero-order valence-corrected chi connectivity index (χ0v) is 11.7. The van der Waals surface area contributed by atoms with Gasteiger partial charge in [0.05, 0.1) is 25.7 Å². The molecule has 0 atom stereocenters. The summed E-state index contributed by atoms with van der Waals surface area (Å²) >= 11 is 0. The molecule has 2 rings (SSSR count). The van der Waals surface area contributed by atoms with Crippen LogP contribution >= 0.6 is 0 Å². The molecule has 1 aliphatic rings. The van der Waals surface area contributed by atoms with Crippen LogP contribution < -0.4 is 14.8 Å². The minimum absolute atomic E-state index is 0.116. The van der Waals surface area contributed by atoms with Crippen LogP contribution in [0.15, 0.2) is 12.1 Å². The number of hydrogen-bond donors (Lipinski definition) is 1. The first-order valence-electron chi connectivity index (χ1n) is 6.48. The molecule has 4 nitrogen and oxygen atoms in total. The number of benzene rings is 1. The molecule has 0 radical (unpaired) electrons. The molecular formula is C15H20N2O2. The summed E-state index contributed by atoms with van der Waals surface area (Å²) in [5.41, 5.74) is 1.98. The van der Waals surface area contributed by atoms with Crippen LogP contribution in [0.2, 0.25) is 0 Å². The van der Waals surface area contributed by atoms with Crippen molar-refractivity contribution < 1.29 is 9.47 Å². The van der Waals surface area contributed by atoms with E-state index in [0.717, 1.165) is 42.0 Å². The predicted molar refractivity (Wildman–Crippen MR) is 73.3 cm³/mol. The van der Waals surface area contributed by atoms with Crippen molar-refractivity contribution in [1.29, 1.82) is 5.26 Å². The van der Waals surface area contributed by atoms with Crippen molar-refractivity contribution in [3.8, 4) is 17.6 Å². The van der Waals surface area contributed by atoms with Crippen LogP contribution in [0.1, 0.15) is 24.0 Å². The molecular weight excluding hydrogens is 240 g/mol. The fourth-order valence-electron chi connectivity index (χ4n) is 2.29. The van der Waals surface area contributed by atoms with Crippen LogP contribution in [0.25, 0.3) is 0 Å². The van der Waals surface area contributed by atoms with Gasteiger partial charge in [-0.2, -0.15) is 5.26 Å². The van der Waals surface area contributed by atoms with E-state index < -0.39 is 0 Å². The Morgan fingerprint density at radius 2 is 2.05 bits per heavy atom. The van der Waals surface area contributed by atoms with Gasteiger partial charge in [0.15, 0.2) is 0 Å². The highest BCUT2D eigenvalue weighted by molar-refractivity contribution is 5.49. The third-order valence-corrected chi connectivity index (χ3v) is 3.73. The lowest BCUT2D eigenvalue weighted by Crippen LogP contribution is -2.22. The molecule has 102 valence electrons. The van der Waals surface area contributed by atoms with E-state index in [1.54, 1.807) is 14.2 Å². The highest BCUT2D eigenvalue weighted by Gasteiger charge is 2.42. The summed E-state index contributed by atoms with van der Waals surface area (Å²) in [4.78, 5) is 0. The molecule has 0 unspecified atom stereocenters. The van der Waals surface area contributed by atoms with Gasteiger partial charge in [-0.05, 0) is 25.8 Å². The predicted octanol–water partition coefficient (Wildman–Crippen LogP) is 2.41. The van der Waals surface area contributed by atoms with E-state index in [0.29, 0.717) is 6.54 Å². The summed E-state index contributed by atoms with van der Waals surface area (Å²) in [7, 11) is 3.33. The number of ether oxygens (including phenoxy) is 2. The average Bonchev–Trinajstić information content (AvgIpc) is 3.20. The minimum atomic E-state index is -0.116. The van der Waals surface area contributed by atoms with Crippen molar-refractivity contribution in [3.05, 3.63) is 23.3 Å². The lowest BCUT2D eigenvalue weighted by atomic mass is 10.1. The molecule has 4 heteroatoms. The average molecular weight is 260 g/mol. The summed E-state index contributed by atoms with van der Waals surface area (Å²) in [5.74, 6) is 1.69. The van der Waals surface area contributed by atoms with Crippen LogP contribution in [-0.2, 0) is 6.54 Å². The van der Waals surface area contributed by atoms with Crippen LogP contribution in [0.4, 0.5) is 0 Å². The van der Waals surface area contributed by atoms with E-state index in [-0.39, 0.29) is 5.41 Å². The van der Waals surface area contributed by atoms with Crippen LogP contribution in [-0.4, -0.2) is 20.8 Å². The summed E-state index contributed by atoms with van der Waals surface area (Å²) in [5, 5.41) is 12.4. The van der Waals surface area contributed by atoms with E-state index in [2.05, 4.69) is 11.4 Å². The number of nitrogens with one attached hydrogen (secondary N) is 1. The van der Waals surface area contributed by atoms with Crippen LogP contribution in [0, 0.1) is 23.7 Å². The van der Waals surface area contributed by atoms with Gasteiger partial charge in [-0.15, -0.1) is 0 Å². The van der Waals surface area contributed by atoms with E-state index in [1.807, 2.05) is 19.1 Å². The zero-order chi connectivity index (χ0) is 13.9. The molecule has 0 amide bonds. The summed E-state index contributed by atoms with van der Waals surface area (Å²) < 4.78 is 10.7. The topological polar surface area (TPSA) is 54.3 Å². The maximum Gasteiger partial charge on any atom is 0.129 e. The Labute approximate surface area is 114 Å². The van der Waals surface area contributed by atoms with Gasteiger partial charge in [-0.1, -0.05) is 6.07 Å². The molecule has 19 heavy (non-hydrogen) atoms. The van der Waals surface area contributed by atoms with Crippen LogP contribution in [0.3, 0.4) is 0 Å². The second-order valence-corrected chi connectivity index (χ2v) is 5.08. The van der Waals surface area contributed by atoms with Gasteiger partial charge in [-0.25, -0.2) is 0 Å². The molecule has 1 saturated carbocycles. The molecule has 0 heterocycles. The quantitative estimate of drug-likeness (QED) is 0.853. The highest BCUT2D eigenvalue weighted by Crippen LogP contribution is 2.44. The first-order valence-corrected chi connectivity index (χ1v) is 6.48. The molecule has 1 aromatic carbocycles. The molecule has 0 bridgehead atoms. The maximum atomic E-state index is 9.04. The summed E-state index contributed by atoms with van der Waals surface area (Å²) in [6.45, 7) is 3.44. The smallest absolute Gasteiger partial charge is 0.129 e. The van der Waals surface area contributed by atoms with Crippen molar-refractivity contribution in [2.24, 2.45) is 5.41 Å². The molecule has 0 aromatic heterocycles. The molecule has 0 aliphatic heterocycles. The second kappa shape index (κ2) is 5.50. The Hall–Kier alpha value is -1.73. The Kier molecular flexibility index (Phi) is 3.96. The third-order valence-electron chi connectivity index (χ3n) is 3.73. The summed E-state index contributed by atoms with van der Waals surface area (Å²) in [6, 6.07) is 6.34. The monoisotopic (exact) mass is 260 g/mol. The van der Waals surface area contributed by atoms with Crippen molar-refractivity contribution in [1.82, 2.24) is 5.32 Å². The molecule has 1 aromatic rings. The molecule has 1 fully saturated rings. The largest absolute Gasteiger partial charge is 0.496 e. The van der Waals surface area contributed by atoms with Gasteiger partial charge in [0.2, 0.25) is 0 Å². The zero-order valence-electron chi connectivity index (χ0n) is 11.7. The number of nitriles is 1. The van der Waals surface area contributed by atoms with Gasteiger partial charge >= 0.3 is 0 Å². The molecule has 1 aliphatic carbocycles. The first-order chi connectivity index (χ1) is 9.15. The Bertz CT molecular complexity index is 502. The van der Waals surface area contributed by atoms with Gasteiger partial charge < -0.3 is 14.8 Å². The number of rotatable bonds is 6. The standard InChI is InChI=1S/C15H20N2O2/c1-11-13(18-2)5-4-12(14(11)19-3)8-17-10-15(9-16)6-7-15/h4-5,17H,6-8,10H2,1-3H3. The maximum absolute atomic E-state index is 9.04. The number of nitrogens with zero attached hydrogens (tertiary/aromatic N) is 1. The van der Waals surface area contributed by atoms with Gasteiger partial charge in [0.25, 0.3) is 0 Å². The molecule has 0 saturated heterocycles. The second-order valence-electron chi connectivity index (χ2n) is 5.08. The third kappa shape index (κ3) is 2.82. The number of hydrogen-bond acceptors (Lipinski definition) is 4. The molecule has 0 spiro atoms. The van der Waals surface area contributed by atoms with Gasteiger partial charge in [0.1, 0.15) is 11.5 Å². The van der Waals surface area contributed by atoms with Gasteiger partial charge in [0, 0.05) is 24.2 Å². The minimum Gasteiger partial charge on any atom is -0.496 e.